The van der Waals surface area contributed by atoms with Gasteiger partial charge in [0.25, 0.3) is 0 Å². The fraction of sp³-hybridized carbons (Fsp3) is 0.400. The van der Waals surface area contributed by atoms with Gasteiger partial charge >= 0.3 is 5.97 Å². The predicted octanol–water partition coefficient (Wildman–Crippen LogP) is 5.30. The highest BCUT2D eigenvalue weighted by Gasteiger charge is 2.35. The molecule has 35 heavy (non-hydrogen) atoms. The molecule has 188 valence electrons. The van der Waals surface area contributed by atoms with Crippen LogP contribution in [0.2, 0.25) is 5.02 Å². The Kier molecular flexibility index (Phi) is 6.08. The standard InChI is InChI=1S/C25H28ClFN2O5S/c1-13-17(12-19(30)31)20(16-8-7-15(26)11-18(16)34-25(3,4)5)21-22(27)14(2)28-9-10-29(35(6,32)33)23(13)24(21)28/h7-8,11H,9-10,12H2,1-6H3,(H,30,31). The molecule has 7 nitrogen and oxygen atoms in total. The first-order valence-corrected chi connectivity index (χ1v) is 13.4. The summed E-state index contributed by atoms with van der Waals surface area (Å²) in [5.41, 5.74) is 2.14. The van der Waals surface area contributed by atoms with Crippen molar-refractivity contribution >= 4 is 44.2 Å². The molecule has 1 N–H and O–H groups in total. The molecule has 0 saturated heterocycles. The number of carbonyl (C=O) groups is 1. The second kappa shape index (κ2) is 8.41. The van der Waals surface area contributed by atoms with E-state index < -0.39 is 33.8 Å². The Morgan fingerprint density at radius 3 is 2.46 bits per heavy atom. The highest BCUT2D eigenvalue weighted by molar-refractivity contribution is 7.92. The zero-order valence-corrected chi connectivity index (χ0v) is 22.1. The third-order valence-electron chi connectivity index (χ3n) is 6.17. The maximum absolute atomic E-state index is 16.0. The Morgan fingerprint density at radius 1 is 1.23 bits per heavy atom. The number of benzene rings is 2. The third-order valence-corrected chi connectivity index (χ3v) is 7.57. The van der Waals surface area contributed by atoms with Gasteiger partial charge in [-0.1, -0.05) is 11.6 Å². The van der Waals surface area contributed by atoms with Gasteiger partial charge in [-0.25, -0.2) is 12.8 Å². The highest BCUT2D eigenvalue weighted by Crippen LogP contribution is 2.49. The molecule has 2 heterocycles. The van der Waals surface area contributed by atoms with Crippen LogP contribution in [-0.2, 0) is 27.8 Å². The smallest absolute Gasteiger partial charge is 0.307 e. The molecule has 0 radical (unpaired) electrons. The highest BCUT2D eigenvalue weighted by atomic mass is 35.5. The number of hydrogen-bond acceptors (Lipinski definition) is 4. The number of hydrogen-bond donors (Lipinski definition) is 1. The summed E-state index contributed by atoms with van der Waals surface area (Å²) in [6.07, 6.45) is 0.669. The first-order valence-electron chi connectivity index (χ1n) is 11.1. The summed E-state index contributed by atoms with van der Waals surface area (Å²) in [6, 6.07) is 4.95. The first kappa shape index (κ1) is 25.3. The van der Waals surface area contributed by atoms with Crippen molar-refractivity contribution in [3.05, 3.63) is 45.9 Å². The Morgan fingerprint density at radius 2 is 1.89 bits per heavy atom. The molecule has 0 saturated carbocycles. The molecule has 0 fully saturated rings. The van der Waals surface area contributed by atoms with E-state index >= 15 is 4.39 Å². The molecule has 0 atom stereocenters. The maximum atomic E-state index is 16.0. The zero-order chi connectivity index (χ0) is 26.0. The SMILES string of the molecule is Cc1c(CC(=O)O)c(-c2ccc(Cl)cc2OC(C)(C)C)c2c(F)c(C)n3c2c1N(S(C)(=O)=O)CC3. The van der Waals surface area contributed by atoms with Crippen LogP contribution in [0.5, 0.6) is 5.75 Å². The predicted molar refractivity (Wildman–Crippen MR) is 136 cm³/mol. The second-order valence-electron chi connectivity index (χ2n) is 9.86. The summed E-state index contributed by atoms with van der Waals surface area (Å²) >= 11 is 6.27. The van der Waals surface area contributed by atoms with Crippen LogP contribution in [0.1, 0.15) is 37.6 Å². The van der Waals surface area contributed by atoms with E-state index in [-0.39, 0.29) is 18.5 Å². The van der Waals surface area contributed by atoms with Crippen LogP contribution in [0, 0.1) is 19.7 Å². The lowest BCUT2D eigenvalue weighted by molar-refractivity contribution is -0.136. The maximum Gasteiger partial charge on any atom is 0.307 e. The summed E-state index contributed by atoms with van der Waals surface area (Å²) in [7, 11) is -3.69. The van der Waals surface area contributed by atoms with Crippen molar-refractivity contribution in [1.29, 1.82) is 0 Å². The van der Waals surface area contributed by atoms with E-state index in [1.54, 1.807) is 36.6 Å². The average molecular weight is 523 g/mol. The van der Waals surface area contributed by atoms with Crippen molar-refractivity contribution in [2.24, 2.45) is 0 Å². The van der Waals surface area contributed by atoms with E-state index in [0.29, 0.717) is 49.9 Å². The third kappa shape index (κ3) is 4.36. The Balaban J connectivity index is 2.23. The number of nitrogens with zero attached hydrogens (tertiary/aromatic N) is 2. The molecular formula is C25H28ClFN2O5S. The van der Waals surface area contributed by atoms with E-state index in [4.69, 9.17) is 16.3 Å². The van der Waals surface area contributed by atoms with Gasteiger partial charge in [0, 0.05) is 28.1 Å². The lowest BCUT2D eigenvalue weighted by Gasteiger charge is -2.32. The van der Waals surface area contributed by atoms with E-state index in [1.165, 1.54) is 4.31 Å². The fourth-order valence-electron chi connectivity index (χ4n) is 4.84. The molecule has 2 aromatic carbocycles. The summed E-state index contributed by atoms with van der Waals surface area (Å²) in [5.74, 6) is -1.26. The van der Waals surface area contributed by atoms with Crippen LogP contribution in [0.3, 0.4) is 0 Å². The van der Waals surface area contributed by atoms with Crippen molar-refractivity contribution in [2.75, 3.05) is 17.1 Å². The molecule has 3 aromatic rings. The molecular weight excluding hydrogens is 495 g/mol. The van der Waals surface area contributed by atoms with Gasteiger partial charge in [-0.2, -0.15) is 0 Å². The lowest BCUT2D eigenvalue weighted by atomic mass is 9.88. The van der Waals surface area contributed by atoms with E-state index in [9.17, 15) is 18.3 Å². The van der Waals surface area contributed by atoms with E-state index in [0.717, 1.165) is 6.26 Å². The van der Waals surface area contributed by atoms with Crippen LogP contribution >= 0.6 is 11.6 Å². The minimum absolute atomic E-state index is 0.127. The Bertz CT molecular complexity index is 1490. The van der Waals surface area contributed by atoms with E-state index in [2.05, 4.69) is 0 Å². The molecule has 0 amide bonds. The number of carboxylic acids is 1. The van der Waals surface area contributed by atoms with Crippen LogP contribution < -0.4 is 9.04 Å². The van der Waals surface area contributed by atoms with Crippen molar-refractivity contribution < 1.29 is 27.4 Å². The van der Waals surface area contributed by atoms with Crippen molar-refractivity contribution in [1.82, 2.24) is 4.57 Å². The lowest BCUT2D eigenvalue weighted by Crippen LogP contribution is -2.37. The normalized spacial score (nSPS) is 14.0. The molecule has 0 bridgehead atoms. The van der Waals surface area contributed by atoms with E-state index in [1.807, 2.05) is 20.8 Å². The molecule has 1 aliphatic heterocycles. The van der Waals surface area contributed by atoms with Crippen LogP contribution in [0.4, 0.5) is 10.1 Å². The quantitative estimate of drug-likeness (QED) is 0.491. The topological polar surface area (TPSA) is 88.8 Å². The Hall–Kier alpha value is -2.78. The number of sulfonamides is 1. The molecule has 1 aliphatic rings. The molecule has 1 aromatic heterocycles. The number of aliphatic carboxylic acids is 1. The van der Waals surface area contributed by atoms with Gasteiger partial charge in [-0.15, -0.1) is 0 Å². The second-order valence-corrected chi connectivity index (χ2v) is 12.2. The van der Waals surface area contributed by atoms with Gasteiger partial charge in [0.05, 0.1) is 36.1 Å². The van der Waals surface area contributed by atoms with Gasteiger partial charge < -0.3 is 14.4 Å². The van der Waals surface area contributed by atoms with Gasteiger partial charge in [0.1, 0.15) is 11.4 Å². The number of aromatic nitrogens is 1. The van der Waals surface area contributed by atoms with Crippen molar-refractivity contribution in [2.45, 2.75) is 53.2 Å². The molecule has 10 heteroatoms. The van der Waals surface area contributed by atoms with Crippen LogP contribution in [0.25, 0.3) is 22.0 Å². The van der Waals surface area contributed by atoms with Gasteiger partial charge in [0.15, 0.2) is 5.82 Å². The van der Waals surface area contributed by atoms with Crippen LogP contribution in [-0.4, -0.2) is 42.5 Å². The average Bonchev–Trinajstić information content (AvgIpc) is 2.96. The number of carboxylic acid groups (broad SMARTS) is 1. The van der Waals surface area contributed by atoms with Gasteiger partial charge in [0.2, 0.25) is 10.0 Å². The number of ether oxygens (including phenoxy) is 1. The molecule has 0 unspecified atom stereocenters. The van der Waals surface area contributed by atoms with Gasteiger partial charge in [-0.05, 0) is 63.9 Å². The van der Waals surface area contributed by atoms with Crippen molar-refractivity contribution in [3.63, 3.8) is 0 Å². The summed E-state index contributed by atoms with van der Waals surface area (Å²) < 4.78 is 50.5. The summed E-state index contributed by atoms with van der Waals surface area (Å²) in [4.78, 5) is 12.0. The van der Waals surface area contributed by atoms with Gasteiger partial charge in [-0.3, -0.25) is 9.10 Å². The molecule has 4 rings (SSSR count). The number of rotatable bonds is 5. The van der Waals surface area contributed by atoms with Crippen molar-refractivity contribution in [3.8, 4) is 16.9 Å². The molecule has 0 aliphatic carbocycles. The fourth-order valence-corrected chi connectivity index (χ4v) is 5.98. The zero-order valence-electron chi connectivity index (χ0n) is 20.5. The minimum atomic E-state index is -3.69. The summed E-state index contributed by atoms with van der Waals surface area (Å²) in [5, 5.41) is 10.4. The number of anilines is 1. The summed E-state index contributed by atoms with van der Waals surface area (Å²) in [6.45, 7) is 9.32. The molecule has 0 spiro atoms. The monoisotopic (exact) mass is 522 g/mol. The van der Waals surface area contributed by atoms with Crippen LogP contribution in [0.15, 0.2) is 18.2 Å². The largest absolute Gasteiger partial charge is 0.487 e. The first-order chi connectivity index (χ1) is 16.1. The minimum Gasteiger partial charge on any atom is -0.487 e. The Labute approximate surface area is 209 Å². The number of halogens is 2.